The van der Waals surface area contributed by atoms with Gasteiger partial charge in [-0.1, -0.05) is 34.8 Å². The smallest absolute Gasteiger partial charge is 0.310 e. The molecule has 0 heterocycles. The Bertz CT molecular complexity index is 620. The van der Waals surface area contributed by atoms with E-state index in [-0.39, 0.29) is 26.5 Å². The second kappa shape index (κ2) is 6.07. The Labute approximate surface area is 131 Å². The summed E-state index contributed by atoms with van der Waals surface area (Å²) in [5.74, 6) is -1.13. The molecule has 0 aliphatic rings. The standard InChI is InChI=1S/C11H12Cl3NO4S/c1-11(2,10(16)17)5-15-20(18,19)9-7(13)3-6(12)4-8(9)14/h3-4,15H,5H2,1-2H3,(H,16,17). The van der Waals surface area contributed by atoms with Crippen LogP contribution in [0.4, 0.5) is 0 Å². The molecule has 5 nitrogen and oxygen atoms in total. The molecule has 0 unspecified atom stereocenters. The number of hydrogen-bond acceptors (Lipinski definition) is 3. The van der Waals surface area contributed by atoms with Crippen LogP contribution in [0.5, 0.6) is 0 Å². The Hall–Kier alpha value is -0.530. The fourth-order valence-corrected chi connectivity index (χ4v) is 3.96. The van der Waals surface area contributed by atoms with Gasteiger partial charge in [-0.05, 0) is 26.0 Å². The van der Waals surface area contributed by atoms with Crippen LogP contribution in [-0.4, -0.2) is 26.0 Å². The molecule has 112 valence electrons. The summed E-state index contributed by atoms with van der Waals surface area (Å²) in [5.41, 5.74) is -1.27. The first kappa shape index (κ1) is 17.5. The Morgan fingerprint density at radius 1 is 1.25 bits per heavy atom. The third-order valence-electron chi connectivity index (χ3n) is 2.51. The highest BCUT2D eigenvalue weighted by Gasteiger charge is 2.31. The largest absolute Gasteiger partial charge is 0.481 e. The molecule has 0 saturated carbocycles. The van der Waals surface area contributed by atoms with Gasteiger partial charge in [-0.3, -0.25) is 4.79 Å². The summed E-state index contributed by atoms with van der Waals surface area (Å²) in [7, 11) is -4.04. The van der Waals surface area contributed by atoms with Crippen LogP contribution in [0.15, 0.2) is 17.0 Å². The zero-order chi connectivity index (χ0) is 15.7. The lowest BCUT2D eigenvalue weighted by Gasteiger charge is -2.20. The maximum Gasteiger partial charge on any atom is 0.310 e. The van der Waals surface area contributed by atoms with E-state index in [0.717, 1.165) is 0 Å². The Morgan fingerprint density at radius 3 is 2.10 bits per heavy atom. The minimum atomic E-state index is -4.04. The van der Waals surface area contributed by atoms with Crippen LogP contribution in [0.3, 0.4) is 0 Å². The number of sulfonamides is 1. The number of rotatable bonds is 5. The maximum atomic E-state index is 12.1. The predicted octanol–water partition coefficient (Wildman–Crippen LogP) is 3.04. The zero-order valence-corrected chi connectivity index (χ0v) is 13.7. The molecule has 2 N–H and O–H groups in total. The van der Waals surface area contributed by atoms with Gasteiger partial charge in [0.25, 0.3) is 0 Å². The van der Waals surface area contributed by atoms with E-state index in [0.29, 0.717) is 0 Å². The van der Waals surface area contributed by atoms with E-state index in [1.54, 1.807) is 0 Å². The van der Waals surface area contributed by atoms with Crippen molar-refractivity contribution in [2.24, 2.45) is 5.41 Å². The third kappa shape index (κ3) is 3.99. The lowest BCUT2D eigenvalue weighted by Crippen LogP contribution is -2.39. The number of halogens is 3. The first-order valence-electron chi connectivity index (χ1n) is 5.35. The molecule has 0 aliphatic heterocycles. The summed E-state index contributed by atoms with van der Waals surface area (Å²) < 4.78 is 26.5. The quantitative estimate of drug-likeness (QED) is 0.845. The number of carbonyl (C=O) groups is 1. The number of nitrogens with one attached hydrogen (secondary N) is 1. The van der Waals surface area contributed by atoms with Crippen LogP contribution >= 0.6 is 34.8 Å². The highest BCUT2D eigenvalue weighted by atomic mass is 35.5. The Kier molecular flexibility index (Phi) is 5.32. The van der Waals surface area contributed by atoms with Crippen LogP contribution in [-0.2, 0) is 14.8 Å². The summed E-state index contributed by atoms with van der Waals surface area (Å²) in [6, 6.07) is 2.48. The molecule has 0 radical (unpaired) electrons. The van der Waals surface area contributed by atoms with Gasteiger partial charge in [-0.15, -0.1) is 0 Å². The first-order chi connectivity index (χ1) is 8.97. The fraction of sp³-hybridized carbons (Fsp3) is 0.364. The second-order valence-electron chi connectivity index (χ2n) is 4.71. The molecule has 1 aromatic carbocycles. The number of benzene rings is 1. The van der Waals surface area contributed by atoms with Crippen molar-refractivity contribution in [3.05, 3.63) is 27.2 Å². The Balaban J connectivity index is 3.11. The average Bonchev–Trinajstić information content (AvgIpc) is 2.24. The minimum absolute atomic E-state index is 0.136. The molecule has 0 spiro atoms. The maximum absolute atomic E-state index is 12.1. The molecule has 1 rings (SSSR count). The van der Waals surface area contributed by atoms with E-state index in [9.17, 15) is 13.2 Å². The molecule has 0 bridgehead atoms. The Morgan fingerprint density at radius 2 is 1.70 bits per heavy atom. The van der Waals surface area contributed by atoms with Gasteiger partial charge in [-0.25, -0.2) is 13.1 Å². The van der Waals surface area contributed by atoms with Crippen molar-refractivity contribution >= 4 is 50.8 Å². The number of hydrogen-bond donors (Lipinski definition) is 2. The number of carboxylic acids is 1. The highest BCUT2D eigenvalue weighted by molar-refractivity contribution is 7.89. The molecule has 20 heavy (non-hydrogen) atoms. The van der Waals surface area contributed by atoms with Crippen LogP contribution in [0.1, 0.15) is 13.8 Å². The van der Waals surface area contributed by atoms with Crippen molar-refractivity contribution in [1.29, 1.82) is 0 Å². The average molecular weight is 361 g/mol. The molecule has 0 aromatic heterocycles. The lowest BCUT2D eigenvalue weighted by atomic mass is 9.95. The van der Waals surface area contributed by atoms with Crippen LogP contribution in [0, 0.1) is 5.41 Å². The van der Waals surface area contributed by atoms with Crippen molar-refractivity contribution in [2.45, 2.75) is 18.7 Å². The molecule has 0 saturated heterocycles. The van der Waals surface area contributed by atoms with Crippen molar-refractivity contribution in [3.8, 4) is 0 Å². The van der Waals surface area contributed by atoms with Crippen molar-refractivity contribution in [1.82, 2.24) is 4.72 Å². The monoisotopic (exact) mass is 359 g/mol. The van der Waals surface area contributed by atoms with Gasteiger partial charge in [0.05, 0.1) is 15.5 Å². The van der Waals surface area contributed by atoms with E-state index in [1.807, 2.05) is 0 Å². The minimum Gasteiger partial charge on any atom is -0.481 e. The second-order valence-corrected chi connectivity index (χ2v) is 7.67. The molecule has 0 aliphatic carbocycles. The summed E-state index contributed by atoms with van der Waals surface area (Å²) in [4.78, 5) is 10.6. The molecule has 0 fully saturated rings. The van der Waals surface area contributed by atoms with E-state index >= 15 is 0 Å². The molecule has 1 aromatic rings. The van der Waals surface area contributed by atoms with E-state index in [1.165, 1.54) is 26.0 Å². The molecule has 9 heteroatoms. The SMILES string of the molecule is CC(C)(CNS(=O)(=O)c1c(Cl)cc(Cl)cc1Cl)C(=O)O. The summed E-state index contributed by atoms with van der Waals surface area (Å²) in [6.07, 6.45) is 0. The summed E-state index contributed by atoms with van der Waals surface area (Å²) in [6.45, 7) is 2.48. The van der Waals surface area contributed by atoms with Crippen molar-refractivity contribution in [3.63, 3.8) is 0 Å². The first-order valence-corrected chi connectivity index (χ1v) is 7.97. The highest BCUT2D eigenvalue weighted by Crippen LogP contribution is 2.32. The number of aliphatic carboxylic acids is 1. The number of carboxylic acid groups (broad SMARTS) is 1. The molecule has 0 atom stereocenters. The summed E-state index contributed by atoms with van der Waals surface area (Å²) >= 11 is 17.4. The van der Waals surface area contributed by atoms with Crippen molar-refractivity contribution < 1.29 is 18.3 Å². The van der Waals surface area contributed by atoms with Gasteiger partial charge in [0.15, 0.2) is 0 Å². The van der Waals surface area contributed by atoms with Crippen LogP contribution in [0.25, 0.3) is 0 Å². The van der Waals surface area contributed by atoms with Gasteiger partial charge in [-0.2, -0.15) is 0 Å². The van der Waals surface area contributed by atoms with Gasteiger partial charge in [0.1, 0.15) is 4.90 Å². The molecular weight excluding hydrogens is 349 g/mol. The zero-order valence-electron chi connectivity index (χ0n) is 10.6. The topological polar surface area (TPSA) is 83.5 Å². The van der Waals surface area contributed by atoms with Crippen LogP contribution < -0.4 is 4.72 Å². The normalized spacial score (nSPS) is 12.4. The van der Waals surface area contributed by atoms with Gasteiger partial charge >= 0.3 is 5.97 Å². The van der Waals surface area contributed by atoms with Crippen LogP contribution in [0.2, 0.25) is 15.1 Å². The summed E-state index contributed by atoms with van der Waals surface area (Å²) in [5, 5.41) is 8.88. The molecular formula is C11H12Cl3NO4S. The van der Waals surface area contributed by atoms with E-state index in [2.05, 4.69) is 4.72 Å². The van der Waals surface area contributed by atoms with Gasteiger partial charge in [0.2, 0.25) is 10.0 Å². The fourth-order valence-electron chi connectivity index (χ4n) is 1.21. The van der Waals surface area contributed by atoms with Gasteiger partial charge in [0, 0.05) is 11.6 Å². The van der Waals surface area contributed by atoms with Crippen molar-refractivity contribution in [2.75, 3.05) is 6.54 Å². The lowest BCUT2D eigenvalue weighted by molar-refractivity contribution is -0.146. The predicted molar refractivity (Wildman–Crippen MR) is 78.1 cm³/mol. The third-order valence-corrected chi connectivity index (χ3v) is 5.06. The molecule has 0 amide bonds. The van der Waals surface area contributed by atoms with E-state index < -0.39 is 21.4 Å². The van der Waals surface area contributed by atoms with Gasteiger partial charge < -0.3 is 5.11 Å². The van der Waals surface area contributed by atoms with E-state index in [4.69, 9.17) is 39.9 Å².